The molecule has 128 valence electrons. The summed E-state index contributed by atoms with van der Waals surface area (Å²) in [7, 11) is 0. The molecule has 1 aromatic rings. The lowest BCUT2D eigenvalue weighted by molar-refractivity contribution is -0.136. The van der Waals surface area contributed by atoms with Crippen molar-refractivity contribution in [2.45, 2.75) is 12.6 Å². The molecule has 1 atom stereocenters. The highest BCUT2D eigenvalue weighted by atomic mass is 16.5. The maximum Gasteiger partial charge on any atom is 0.236 e. The highest BCUT2D eigenvalue weighted by Gasteiger charge is 2.30. The van der Waals surface area contributed by atoms with E-state index >= 15 is 0 Å². The zero-order chi connectivity index (χ0) is 16.8. The van der Waals surface area contributed by atoms with Crippen molar-refractivity contribution >= 4 is 5.91 Å². The molecule has 6 heteroatoms. The van der Waals surface area contributed by atoms with Crippen molar-refractivity contribution in [2.24, 2.45) is 0 Å². The predicted molar refractivity (Wildman–Crippen MR) is 90.1 cm³/mol. The number of nitrogens with zero attached hydrogens (tertiary/aromatic N) is 4. The van der Waals surface area contributed by atoms with Gasteiger partial charge in [0.15, 0.2) is 0 Å². The van der Waals surface area contributed by atoms with Gasteiger partial charge in [-0.25, -0.2) is 0 Å². The molecule has 2 aliphatic heterocycles. The number of carbonyl (C=O) groups excluding carboxylic acids is 1. The number of nitriles is 1. The van der Waals surface area contributed by atoms with Crippen molar-refractivity contribution in [1.82, 2.24) is 14.7 Å². The van der Waals surface area contributed by atoms with E-state index in [2.05, 4.69) is 28.0 Å². The van der Waals surface area contributed by atoms with Crippen LogP contribution in [0.15, 0.2) is 30.3 Å². The number of carbonyl (C=O) groups is 1. The lowest BCUT2D eigenvalue weighted by Crippen LogP contribution is -2.56. The number of ether oxygens (including phenoxy) is 1. The Bertz CT molecular complexity index is 580. The van der Waals surface area contributed by atoms with E-state index in [1.165, 1.54) is 5.56 Å². The van der Waals surface area contributed by atoms with Crippen LogP contribution in [0.4, 0.5) is 0 Å². The summed E-state index contributed by atoms with van der Waals surface area (Å²) < 4.78 is 5.32. The summed E-state index contributed by atoms with van der Waals surface area (Å²) >= 11 is 0. The average Bonchev–Trinajstić information content (AvgIpc) is 2.63. The molecule has 2 saturated heterocycles. The molecule has 0 radical (unpaired) electrons. The van der Waals surface area contributed by atoms with Crippen LogP contribution in [-0.4, -0.2) is 79.1 Å². The van der Waals surface area contributed by atoms with E-state index in [1.807, 2.05) is 23.1 Å². The maximum atomic E-state index is 12.5. The van der Waals surface area contributed by atoms with Crippen LogP contribution >= 0.6 is 0 Å². The van der Waals surface area contributed by atoms with E-state index in [1.54, 1.807) is 0 Å². The van der Waals surface area contributed by atoms with Gasteiger partial charge in [0.05, 0.1) is 25.8 Å². The van der Waals surface area contributed by atoms with Gasteiger partial charge in [-0.3, -0.25) is 14.6 Å². The third kappa shape index (κ3) is 4.32. The van der Waals surface area contributed by atoms with Gasteiger partial charge in [0.25, 0.3) is 0 Å². The van der Waals surface area contributed by atoms with Crippen LogP contribution in [0.25, 0.3) is 0 Å². The van der Waals surface area contributed by atoms with Crippen molar-refractivity contribution < 1.29 is 9.53 Å². The van der Waals surface area contributed by atoms with Gasteiger partial charge in [0, 0.05) is 39.3 Å². The molecule has 3 rings (SSSR count). The van der Waals surface area contributed by atoms with Crippen molar-refractivity contribution in [2.75, 3.05) is 52.5 Å². The normalized spacial score (nSPS) is 23.0. The van der Waals surface area contributed by atoms with Gasteiger partial charge in [0.2, 0.25) is 5.91 Å². The number of hydrogen-bond acceptors (Lipinski definition) is 5. The molecule has 0 aromatic heterocycles. The average molecular weight is 328 g/mol. The second kappa shape index (κ2) is 8.25. The molecule has 0 unspecified atom stereocenters. The summed E-state index contributed by atoms with van der Waals surface area (Å²) in [6, 6.07) is 12.3. The van der Waals surface area contributed by atoms with Gasteiger partial charge >= 0.3 is 0 Å². The van der Waals surface area contributed by atoms with Crippen LogP contribution in [0, 0.1) is 11.3 Å². The molecule has 1 amide bonds. The third-order valence-electron chi connectivity index (χ3n) is 4.68. The molecule has 2 aliphatic rings. The van der Waals surface area contributed by atoms with Gasteiger partial charge in [-0.2, -0.15) is 5.26 Å². The first-order valence-corrected chi connectivity index (χ1v) is 8.52. The zero-order valence-corrected chi connectivity index (χ0v) is 13.9. The summed E-state index contributed by atoms with van der Waals surface area (Å²) in [6.45, 7) is 6.11. The second-order valence-corrected chi connectivity index (χ2v) is 6.33. The van der Waals surface area contributed by atoms with E-state index in [4.69, 9.17) is 4.74 Å². The molecular formula is C18H24N4O2. The molecule has 0 N–H and O–H groups in total. The van der Waals surface area contributed by atoms with Gasteiger partial charge in [-0.15, -0.1) is 0 Å². The summed E-state index contributed by atoms with van der Waals surface area (Å²) in [6.07, 6.45) is 0. The maximum absolute atomic E-state index is 12.5. The Morgan fingerprint density at radius 2 is 1.92 bits per heavy atom. The number of hydrogen-bond donors (Lipinski definition) is 0. The van der Waals surface area contributed by atoms with Gasteiger partial charge in [-0.05, 0) is 5.56 Å². The number of benzene rings is 1. The highest BCUT2D eigenvalue weighted by Crippen LogP contribution is 2.14. The molecule has 1 aromatic carbocycles. The smallest absolute Gasteiger partial charge is 0.236 e. The Kier molecular flexibility index (Phi) is 5.81. The van der Waals surface area contributed by atoms with Gasteiger partial charge < -0.3 is 9.64 Å². The minimum absolute atomic E-state index is 0.122. The number of piperazine rings is 1. The summed E-state index contributed by atoms with van der Waals surface area (Å²) in [5.41, 5.74) is 1.20. The minimum Gasteiger partial charge on any atom is -0.379 e. The third-order valence-corrected chi connectivity index (χ3v) is 4.68. The molecular weight excluding hydrogens is 304 g/mol. The monoisotopic (exact) mass is 328 g/mol. The zero-order valence-electron chi connectivity index (χ0n) is 13.9. The van der Waals surface area contributed by atoms with E-state index in [0.717, 1.165) is 26.2 Å². The number of rotatable bonds is 4. The second-order valence-electron chi connectivity index (χ2n) is 6.33. The predicted octanol–water partition coefficient (Wildman–Crippen LogP) is 0.555. The number of amides is 1. The molecule has 0 saturated carbocycles. The quantitative estimate of drug-likeness (QED) is 0.808. The fraction of sp³-hybridized carbons (Fsp3) is 0.556. The van der Waals surface area contributed by atoms with Crippen molar-refractivity contribution in [3.63, 3.8) is 0 Å². The molecule has 0 aliphatic carbocycles. The fourth-order valence-electron chi connectivity index (χ4n) is 3.23. The van der Waals surface area contributed by atoms with Crippen LogP contribution in [-0.2, 0) is 16.1 Å². The van der Waals surface area contributed by atoms with Crippen molar-refractivity contribution in [3.8, 4) is 6.07 Å². The SMILES string of the molecule is N#C[C@@H]1CN(C(=O)CN2CCOCC2)CCN1Cc1ccccc1. The summed E-state index contributed by atoms with van der Waals surface area (Å²) in [5.74, 6) is 0.122. The molecule has 2 heterocycles. The Morgan fingerprint density at radius 3 is 2.62 bits per heavy atom. The van der Waals surface area contributed by atoms with Crippen LogP contribution in [0.3, 0.4) is 0 Å². The molecule has 0 bridgehead atoms. The summed E-state index contributed by atoms with van der Waals surface area (Å²) in [5, 5.41) is 9.50. The van der Waals surface area contributed by atoms with Crippen LogP contribution in [0.2, 0.25) is 0 Å². The molecule has 2 fully saturated rings. The Hall–Kier alpha value is -1.94. The molecule has 0 spiro atoms. The first-order valence-electron chi connectivity index (χ1n) is 8.52. The van der Waals surface area contributed by atoms with Crippen LogP contribution < -0.4 is 0 Å². The topological polar surface area (TPSA) is 59.8 Å². The lowest BCUT2D eigenvalue weighted by Gasteiger charge is -2.39. The van der Waals surface area contributed by atoms with Gasteiger partial charge in [0.1, 0.15) is 6.04 Å². The molecule has 24 heavy (non-hydrogen) atoms. The fourth-order valence-corrected chi connectivity index (χ4v) is 3.23. The summed E-state index contributed by atoms with van der Waals surface area (Å²) in [4.78, 5) is 18.6. The first kappa shape index (κ1) is 16.9. The Balaban J connectivity index is 1.54. The van der Waals surface area contributed by atoms with Crippen molar-refractivity contribution in [1.29, 1.82) is 5.26 Å². The molecule has 6 nitrogen and oxygen atoms in total. The highest BCUT2D eigenvalue weighted by molar-refractivity contribution is 5.78. The van der Waals surface area contributed by atoms with Crippen LogP contribution in [0.5, 0.6) is 0 Å². The van der Waals surface area contributed by atoms with E-state index in [0.29, 0.717) is 32.8 Å². The lowest BCUT2D eigenvalue weighted by atomic mass is 10.1. The van der Waals surface area contributed by atoms with Gasteiger partial charge in [-0.1, -0.05) is 30.3 Å². The van der Waals surface area contributed by atoms with Crippen LogP contribution in [0.1, 0.15) is 5.56 Å². The van der Waals surface area contributed by atoms with Crippen molar-refractivity contribution in [3.05, 3.63) is 35.9 Å². The largest absolute Gasteiger partial charge is 0.379 e. The number of morpholine rings is 1. The Labute approximate surface area is 143 Å². The Morgan fingerprint density at radius 1 is 1.17 bits per heavy atom. The standard InChI is InChI=1S/C18H24N4O2/c19-12-17-14-22(18(23)15-20-8-10-24-11-9-20)7-6-21(17)13-16-4-2-1-3-5-16/h1-5,17H,6-11,13-15H2/t17-/m1/s1. The van der Waals surface area contributed by atoms with E-state index in [9.17, 15) is 10.1 Å². The van der Waals surface area contributed by atoms with E-state index < -0.39 is 0 Å². The minimum atomic E-state index is -0.243. The first-order chi connectivity index (χ1) is 11.8. The van der Waals surface area contributed by atoms with E-state index in [-0.39, 0.29) is 11.9 Å².